The molecule has 0 nitrogen and oxygen atoms in total. The lowest BCUT2D eigenvalue weighted by atomic mass is 9.92. The zero-order valence-electron chi connectivity index (χ0n) is 10.00. The van der Waals surface area contributed by atoms with Gasteiger partial charge in [0.1, 0.15) is 7.85 Å². The quantitative estimate of drug-likeness (QED) is 0.427. The first-order chi connectivity index (χ1) is 7.15. The van der Waals surface area contributed by atoms with Crippen molar-refractivity contribution in [2.45, 2.75) is 33.1 Å². The average molecular weight is 200 g/mol. The Morgan fingerprint density at radius 3 is 2.40 bits per heavy atom. The van der Waals surface area contributed by atoms with Crippen LogP contribution in [0.2, 0.25) is 0 Å². The Kier molecular flexibility index (Phi) is 7.80. The second-order valence-electron chi connectivity index (χ2n) is 3.78. The third kappa shape index (κ3) is 6.17. The molecular weight excluding hydrogens is 179 g/mol. The van der Waals surface area contributed by atoms with E-state index in [-0.39, 0.29) is 0 Å². The van der Waals surface area contributed by atoms with Crippen molar-refractivity contribution in [2.75, 3.05) is 0 Å². The first-order valence-electron chi connectivity index (χ1n) is 5.57. The lowest BCUT2D eigenvalue weighted by Crippen LogP contribution is -1.96. The van der Waals surface area contributed by atoms with Gasteiger partial charge >= 0.3 is 0 Å². The highest BCUT2D eigenvalue weighted by Gasteiger charge is 2.03. The highest BCUT2D eigenvalue weighted by molar-refractivity contribution is 6.23. The second-order valence-corrected chi connectivity index (χ2v) is 3.78. The van der Waals surface area contributed by atoms with Gasteiger partial charge in [-0.25, -0.2) is 0 Å². The van der Waals surface area contributed by atoms with Gasteiger partial charge in [-0.3, -0.25) is 0 Å². The van der Waals surface area contributed by atoms with E-state index in [1.165, 1.54) is 24.8 Å². The molecule has 0 rings (SSSR count). The Morgan fingerprint density at radius 1 is 1.27 bits per heavy atom. The minimum Gasteiger partial charge on any atom is -0.0997 e. The van der Waals surface area contributed by atoms with Crippen molar-refractivity contribution in [1.29, 1.82) is 0 Å². The lowest BCUT2D eigenvalue weighted by Gasteiger charge is -2.11. The Morgan fingerprint density at radius 2 is 1.93 bits per heavy atom. The molecule has 0 spiro atoms. The summed E-state index contributed by atoms with van der Waals surface area (Å²) >= 11 is 0. The van der Waals surface area contributed by atoms with Crippen molar-refractivity contribution >= 4 is 7.85 Å². The Hall–Kier alpha value is -0.975. The Bertz CT molecular complexity index is 259. The zero-order valence-corrected chi connectivity index (χ0v) is 10.00. The summed E-state index contributed by atoms with van der Waals surface area (Å²) in [5, 5.41) is 0. The normalized spacial score (nSPS) is 14.8. The summed E-state index contributed by atoms with van der Waals surface area (Å²) in [5.74, 6) is 0.552. The van der Waals surface area contributed by atoms with Gasteiger partial charge in [-0.05, 0) is 17.9 Å². The SMILES string of the molecule is [B]/C(C=C)=C/C=C(\C=C)C(C)CCCC. The van der Waals surface area contributed by atoms with Crippen molar-refractivity contribution in [3.8, 4) is 0 Å². The predicted octanol–water partition coefficient (Wildman–Crippen LogP) is 4.16. The molecule has 2 radical (unpaired) electrons. The largest absolute Gasteiger partial charge is 0.113 e. The van der Waals surface area contributed by atoms with Gasteiger partial charge in [-0.15, -0.1) is 0 Å². The summed E-state index contributed by atoms with van der Waals surface area (Å²) in [4.78, 5) is 0. The average Bonchev–Trinajstić information content (AvgIpc) is 2.26. The van der Waals surface area contributed by atoms with Crippen molar-refractivity contribution in [2.24, 2.45) is 5.92 Å². The fourth-order valence-electron chi connectivity index (χ4n) is 1.37. The van der Waals surface area contributed by atoms with E-state index in [9.17, 15) is 0 Å². The maximum Gasteiger partial charge on any atom is 0.113 e. The minimum absolute atomic E-state index is 0.552. The summed E-state index contributed by atoms with van der Waals surface area (Å²) in [6, 6.07) is 0. The molecule has 0 aromatic carbocycles. The van der Waals surface area contributed by atoms with Crippen LogP contribution in [0, 0.1) is 5.92 Å². The molecule has 0 aromatic rings. The number of hydrogen-bond acceptors (Lipinski definition) is 0. The third-order valence-corrected chi connectivity index (χ3v) is 2.50. The maximum atomic E-state index is 5.64. The van der Waals surface area contributed by atoms with E-state index in [0.29, 0.717) is 11.4 Å². The van der Waals surface area contributed by atoms with Crippen LogP contribution in [0.25, 0.3) is 0 Å². The topological polar surface area (TPSA) is 0 Å². The van der Waals surface area contributed by atoms with Gasteiger partial charge in [0.25, 0.3) is 0 Å². The van der Waals surface area contributed by atoms with E-state index in [1.54, 1.807) is 6.08 Å². The van der Waals surface area contributed by atoms with Crippen molar-refractivity contribution < 1.29 is 0 Å². The van der Waals surface area contributed by atoms with Crippen molar-refractivity contribution in [1.82, 2.24) is 0 Å². The molecule has 0 aliphatic carbocycles. The third-order valence-electron chi connectivity index (χ3n) is 2.50. The van der Waals surface area contributed by atoms with Gasteiger partial charge < -0.3 is 0 Å². The van der Waals surface area contributed by atoms with E-state index in [4.69, 9.17) is 7.85 Å². The molecule has 0 heterocycles. The zero-order chi connectivity index (χ0) is 11.7. The molecule has 1 unspecified atom stereocenters. The maximum absolute atomic E-state index is 5.64. The summed E-state index contributed by atoms with van der Waals surface area (Å²) in [7, 11) is 5.64. The number of unbranched alkanes of at least 4 members (excludes halogenated alkanes) is 1. The number of rotatable bonds is 7. The van der Waals surface area contributed by atoms with Crippen LogP contribution in [0.1, 0.15) is 33.1 Å². The van der Waals surface area contributed by atoms with Crippen LogP contribution in [0.3, 0.4) is 0 Å². The van der Waals surface area contributed by atoms with Crippen LogP contribution in [0.5, 0.6) is 0 Å². The number of allylic oxidation sites excluding steroid dienone is 6. The highest BCUT2D eigenvalue weighted by atomic mass is 14.1. The van der Waals surface area contributed by atoms with E-state index >= 15 is 0 Å². The fraction of sp³-hybridized carbons (Fsp3) is 0.429. The van der Waals surface area contributed by atoms with Gasteiger partial charge in [0.2, 0.25) is 0 Å². The molecule has 1 atom stereocenters. The minimum atomic E-state index is 0.552. The summed E-state index contributed by atoms with van der Waals surface area (Å²) in [5.41, 5.74) is 1.94. The molecule has 0 N–H and O–H groups in total. The molecule has 0 aliphatic heterocycles. The standard InChI is InChI=1S/C14H21B/c1-5-8-9-12(4)13(6-2)10-11-14(15)7-3/h6-7,10-12H,2-3,5,8-9H2,1,4H3/b13-10+,14-11+. The molecule has 0 bridgehead atoms. The fourth-order valence-corrected chi connectivity index (χ4v) is 1.37. The van der Waals surface area contributed by atoms with Gasteiger partial charge in [-0.1, -0.05) is 69.6 Å². The predicted molar refractivity (Wildman–Crippen MR) is 71.0 cm³/mol. The van der Waals surface area contributed by atoms with Gasteiger partial charge in [-0.2, -0.15) is 0 Å². The smallest absolute Gasteiger partial charge is 0.0997 e. The summed E-state index contributed by atoms with van der Waals surface area (Å²) in [6.07, 6.45) is 11.2. The molecule has 0 amide bonds. The van der Waals surface area contributed by atoms with Gasteiger partial charge in [0.15, 0.2) is 0 Å². The van der Waals surface area contributed by atoms with Crippen LogP contribution in [-0.2, 0) is 0 Å². The lowest BCUT2D eigenvalue weighted by molar-refractivity contribution is 0.581. The van der Waals surface area contributed by atoms with Gasteiger partial charge in [0.05, 0.1) is 0 Å². The molecule has 0 saturated heterocycles. The van der Waals surface area contributed by atoms with Crippen LogP contribution in [0.15, 0.2) is 48.5 Å². The summed E-state index contributed by atoms with van der Waals surface area (Å²) in [6.45, 7) is 11.9. The summed E-state index contributed by atoms with van der Waals surface area (Å²) < 4.78 is 0. The van der Waals surface area contributed by atoms with Crippen LogP contribution in [0.4, 0.5) is 0 Å². The van der Waals surface area contributed by atoms with Crippen LogP contribution >= 0.6 is 0 Å². The van der Waals surface area contributed by atoms with E-state index < -0.39 is 0 Å². The molecule has 80 valence electrons. The van der Waals surface area contributed by atoms with E-state index in [2.05, 4.69) is 27.0 Å². The molecule has 0 aliphatic rings. The molecular formula is C14H21B. The first kappa shape index (κ1) is 14.0. The second kappa shape index (κ2) is 8.34. The Balaban J connectivity index is 4.46. The van der Waals surface area contributed by atoms with E-state index in [1.807, 2.05) is 18.2 Å². The first-order valence-corrected chi connectivity index (χ1v) is 5.57. The molecule has 0 aromatic heterocycles. The molecule has 15 heavy (non-hydrogen) atoms. The van der Waals surface area contributed by atoms with Crippen molar-refractivity contribution in [3.05, 3.63) is 48.5 Å². The molecule has 1 heteroatoms. The highest BCUT2D eigenvalue weighted by Crippen LogP contribution is 2.18. The number of hydrogen-bond donors (Lipinski definition) is 0. The molecule has 0 fully saturated rings. The monoisotopic (exact) mass is 200 g/mol. The molecule has 0 saturated carbocycles. The van der Waals surface area contributed by atoms with Crippen LogP contribution < -0.4 is 0 Å². The van der Waals surface area contributed by atoms with E-state index in [0.717, 1.165) is 0 Å². The van der Waals surface area contributed by atoms with Crippen LogP contribution in [-0.4, -0.2) is 7.85 Å². The van der Waals surface area contributed by atoms with Crippen molar-refractivity contribution in [3.63, 3.8) is 0 Å². The Labute approximate surface area is 95.9 Å². The van der Waals surface area contributed by atoms with Gasteiger partial charge in [0, 0.05) is 0 Å².